The number of benzene rings is 1. The Balaban J connectivity index is 2.11. The molecule has 0 spiro atoms. The molecular weight excluding hydrogens is 478 g/mol. The number of hydrogen-bond acceptors (Lipinski definition) is 8. The van der Waals surface area contributed by atoms with Gasteiger partial charge in [0, 0.05) is 11.4 Å². The summed E-state index contributed by atoms with van der Waals surface area (Å²) in [6.45, 7) is 5.16. The van der Waals surface area contributed by atoms with Crippen LogP contribution in [0.2, 0.25) is 5.02 Å². The number of carbonyl (C=O) groups excluding carboxylic acids is 3. The molecular formula is C21H24ClNO7S2. The highest BCUT2D eigenvalue weighted by Gasteiger charge is 2.27. The average molecular weight is 502 g/mol. The number of hydrogen-bond donors (Lipinski definition) is 1. The standard InChI is InChI=1S/C21H24ClNO7S2/c1-4-29-20(25)17-13(3)18(21(26)30-5-2)31-19(17)23-16(24)7-6-12-32(27,28)15-10-8-14(22)9-11-15/h8-11H,4-7,12H2,1-3H3,(H,23,24). The molecule has 1 heterocycles. The number of anilines is 1. The lowest BCUT2D eigenvalue weighted by atomic mass is 10.1. The molecule has 2 aromatic rings. The minimum absolute atomic E-state index is 0.0701. The first-order valence-corrected chi connectivity index (χ1v) is 12.7. The predicted molar refractivity (Wildman–Crippen MR) is 122 cm³/mol. The number of nitrogens with one attached hydrogen (secondary N) is 1. The molecule has 0 aliphatic heterocycles. The number of carbonyl (C=O) groups is 3. The van der Waals surface area contributed by atoms with E-state index >= 15 is 0 Å². The van der Waals surface area contributed by atoms with Crippen molar-refractivity contribution in [3.63, 3.8) is 0 Å². The van der Waals surface area contributed by atoms with E-state index < -0.39 is 27.7 Å². The molecule has 32 heavy (non-hydrogen) atoms. The Morgan fingerprint density at radius 2 is 1.62 bits per heavy atom. The average Bonchev–Trinajstić information content (AvgIpc) is 3.04. The van der Waals surface area contributed by atoms with E-state index in [0.29, 0.717) is 10.6 Å². The van der Waals surface area contributed by atoms with Crippen LogP contribution in [0.4, 0.5) is 5.00 Å². The van der Waals surface area contributed by atoms with Crippen LogP contribution >= 0.6 is 22.9 Å². The fourth-order valence-corrected chi connectivity index (χ4v) is 5.36. The molecule has 2 rings (SSSR count). The molecule has 0 saturated carbocycles. The van der Waals surface area contributed by atoms with Crippen LogP contribution in [0.5, 0.6) is 0 Å². The first-order chi connectivity index (χ1) is 15.1. The van der Waals surface area contributed by atoms with E-state index in [1.807, 2.05) is 0 Å². The van der Waals surface area contributed by atoms with Crippen LogP contribution in [0.1, 0.15) is 52.3 Å². The summed E-state index contributed by atoms with van der Waals surface area (Å²) in [7, 11) is -3.57. The van der Waals surface area contributed by atoms with Crippen LogP contribution in [0.15, 0.2) is 29.2 Å². The van der Waals surface area contributed by atoms with Gasteiger partial charge in [0.25, 0.3) is 0 Å². The van der Waals surface area contributed by atoms with Gasteiger partial charge in [-0.15, -0.1) is 11.3 Å². The summed E-state index contributed by atoms with van der Waals surface area (Å²) in [6.07, 6.45) is -0.0264. The van der Waals surface area contributed by atoms with E-state index in [1.165, 1.54) is 24.3 Å². The fourth-order valence-electron chi connectivity index (χ4n) is 2.81. The van der Waals surface area contributed by atoms with Gasteiger partial charge in [-0.1, -0.05) is 11.6 Å². The monoisotopic (exact) mass is 501 g/mol. The number of amides is 1. The van der Waals surface area contributed by atoms with Crippen LogP contribution < -0.4 is 5.32 Å². The second kappa shape index (κ2) is 11.4. The minimum atomic E-state index is -3.57. The zero-order chi connectivity index (χ0) is 23.9. The van der Waals surface area contributed by atoms with Crippen LogP contribution in [-0.4, -0.2) is 45.2 Å². The molecule has 1 aromatic heterocycles. The van der Waals surface area contributed by atoms with Crippen molar-refractivity contribution in [1.82, 2.24) is 0 Å². The first-order valence-electron chi connectivity index (χ1n) is 9.86. The van der Waals surface area contributed by atoms with Crippen LogP contribution in [0.25, 0.3) is 0 Å². The van der Waals surface area contributed by atoms with E-state index in [9.17, 15) is 22.8 Å². The molecule has 174 valence electrons. The molecule has 1 amide bonds. The van der Waals surface area contributed by atoms with Gasteiger partial charge in [0.2, 0.25) is 5.91 Å². The molecule has 11 heteroatoms. The molecule has 0 saturated heterocycles. The second-order valence-corrected chi connectivity index (χ2v) is 10.2. The number of esters is 2. The van der Waals surface area contributed by atoms with Gasteiger partial charge in [-0.05, 0) is 57.0 Å². The molecule has 1 aromatic carbocycles. The van der Waals surface area contributed by atoms with Gasteiger partial charge in [-0.3, -0.25) is 4.79 Å². The topological polar surface area (TPSA) is 116 Å². The highest BCUT2D eigenvalue weighted by molar-refractivity contribution is 7.91. The third-order valence-electron chi connectivity index (χ3n) is 4.33. The fraction of sp³-hybridized carbons (Fsp3) is 0.381. The first kappa shape index (κ1) is 25.8. The van der Waals surface area contributed by atoms with Crippen molar-refractivity contribution in [2.75, 3.05) is 24.3 Å². The molecule has 8 nitrogen and oxygen atoms in total. The van der Waals surface area contributed by atoms with Gasteiger partial charge < -0.3 is 14.8 Å². The Kier molecular flexibility index (Phi) is 9.23. The van der Waals surface area contributed by atoms with Gasteiger partial charge in [0.15, 0.2) is 9.84 Å². The van der Waals surface area contributed by atoms with E-state index in [-0.39, 0.29) is 52.1 Å². The van der Waals surface area contributed by atoms with E-state index in [0.717, 1.165) is 11.3 Å². The Morgan fingerprint density at radius 3 is 2.22 bits per heavy atom. The quantitative estimate of drug-likeness (QED) is 0.483. The number of halogens is 1. The molecule has 0 aliphatic carbocycles. The summed E-state index contributed by atoms with van der Waals surface area (Å²) >= 11 is 6.70. The highest BCUT2D eigenvalue weighted by atomic mass is 35.5. The maximum atomic E-state index is 12.4. The number of ether oxygens (including phenoxy) is 2. The van der Waals surface area contributed by atoms with E-state index in [1.54, 1.807) is 20.8 Å². The van der Waals surface area contributed by atoms with Crippen molar-refractivity contribution in [1.29, 1.82) is 0 Å². The van der Waals surface area contributed by atoms with Gasteiger partial charge in [-0.2, -0.15) is 0 Å². The van der Waals surface area contributed by atoms with Crippen LogP contribution in [0.3, 0.4) is 0 Å². The van der Waals surface area contributed by atoms with Gasteiger partial charge in [0.1, 0.15) is 9.88 Å². The SMILES string of the molecule is CCOC(=O)c1sc(NC(=O)CCCS(=O)(=O)c2ccc(Cl)cc2)c(C(=O)OCC)c1C. The maximum absolute atomic E-state index is 12.4. The van der Waals surface area contributed by atoms with E-state index in [4.69, 9.17) is 21.1 Å². The number of thiophene rings is 1. The second-order valence-electron chi connectivity index (χ2n) is 6.63. The molecule has 0 bridgehead atoms. The summed E-state index contributed by atoms with van der Waals surface area (Å²) in [5, 5.41) is 3.19. The summed E-state index contributed by atoms with van der Waals surface area (Å²) < 4.78 is 34.8. The molecule has 0 aliphatic rings. The van der Waals surface area contributed by atoms with Crippen molar-refractivity contribution in [3.8, 4) is 0 Å². The smallest absolute Gasteiger partial charge is 0.348 e. The van der Waals surface area contributed by atoms with Crippen LogP contribution in [0, 0.1) is 6.92 Å². The lowest BCUT2D eigenvalue weighted by molar-refractivity contribution is -0.116. The molecule has 0 unspecified atom stereocenters. The highest BCUT2D eigenvalue weighted by Crippen LogP contribution is 2.34. The summed E-state index contributed by atoms with van der Waals surface area (Å²) in [5.74, 6) is -1.99. The molecule has 0 atom stereocenters. The van der Waals surface area contributed by atoms with E-state index in [2.05, 4.69) is 5.32 Å². The van der Waals surface area contributed by atoms with Crippen molar-refractivity contribution < 1.29 is 32.3 Å². The molecule has 1 N–H and O–H groups in total. The van der Waals surface area contributed by atoms with Gasteiger partial charge >= 0.3 is 11.9 Å². The minimum Gasteiger partial charge on any atom is -0.462 e. The molecule has 0 radical (unpaired) electrons. The van der Waals surface area contributed by atoms with Crippen molar-refractivity contribution in [3.05, 3.63) is 45.3 Å². The summed E-state index contributed by atoms with van der Waals surface area (Å²) in [6, 6.07) is 5.79. The zero-order valence-electron chi connectivity index (χ0n) is 17.9. The Hall–Kier alpha value is -2.43. The van der Waals surface area contributed by atoms with Crippen LogP contribution in [-0.2, 0) is 24.1 Å². The molecule has 0 fully saturated rings. The lowest BCUT2D eigenvalue weighted by Crippen LogP contribution is -2.16. The summed E-state index contributed by atoms with van der Waals surface area (Å²) in [4.78, 5) is 37.3. The van der Waals surface area contributed by atoms with Crippen molar-refractivity contribution in [2.24, 2.45) is 0 Å². The normalized spacial score (nSPS) is 11.1. The Bertz CT molecular complexity index is 1090. The third kappa shape index (κ3) is 6.54. The van der Waals surface area contributed by atoms with Crippen molar-refractivity contribution >= 4 is 55.6 Å². The zero-order valence-corrected chi connectivity index (χ0v) is 20.3. The largest absolute Gasteiger partial charge is 0.462 e. The maximum Gasteiger partial charge on any atom is 0.348 e. The Morgan fingerprint density at radius 1 is 1.03 bits per heavy atom. The predicted octanol–water partition coefficient (Wildman–Crippen LogP) is 4.26. The van der Waals surface area contributed by atoms with Gasteiger partial charge in [0.05, 0.1) is 29.4 Å². The summed E-state index contributed by atoms with van der Waals surface area (Å²) in [5.41, 5.74) is 0.439. The van der Waals surface area contributed by atoms with Crippen molar-refractivity contribution in [2.45, 2.75) is 38.5 Å². The number of sulfone groups is 1. The number of rotatable bonds is 10. The van der Waals surface area contributed by atoms with Gasteiger partial charge in [-0.25, -0.2) is 18.0 Å². The Labute approximate surface area is 195 Å². The lowest BCUT2D eigenvalue weighted by Gasteiger charge is -2.08. The third-order valence-corrected chi connectivity index (χ3v) is 7.59.